The van der Waals surface area contributed by atoms with Crippen molar-refractivity contribution in [3.63, 3.8) is 0 Å². The van der Waals surface area contributed by atoms with Crippen LogP contribution in [0.25, 0.3) is 11.1 Å². The third-order valence-electron chi connectivity index (χ3n) is 5.94. The van der Waals surface area contributed by atoms with Gasteiger partial charge in [0.15, 0.2) is 0 Å². The number of hydrogen-bond acceptors (Lipinski definition) is 3. The van der Waals surface area contributed by atoms with Crippen molar-refractivity contribution in [2.45, 2.75) is 51.5 Å². The van der Waals surface area contributed by atoms with Gasteiger partial charge in [-0.1, -0.05) is 97.7 Å². The monoisotopic (exact) mass is 561 g/mol. The van der Waals surface area contributed by atoms with Gasteiger partial charge in [-0.05, 0) is 53.4 Å². The highest BCUT2D eigenvalue weighted by molar-refractivity contribution is 6.42. The average Bonchev–Trinajstić information content (AvgIpc) is 2.88. The first-order chi connectivity index (χ1) is 17.8. The number of carbonyl (C=O) groups is 2. The summed E-state index contributed by atoms with van der Waals surface area (Å²) >= 11 is 18.3. The highest BCUT2D eigenvalue weighted by Crippen LogP contribution is 2.30. The van der Waals surface area contributed by atoms with Gasteiger partial charge in [0.05, 0.1) is 34.7 Å². The van der Waals surface area contributed by atoms with Gasteiger partial charge >= 0.3 is 5.97 Å². The molecular formula is C29H30Cl3NO4. The van der Waals surface area contributed by atoms with Crippen LogP contribution in [0.1, 0.15) is 67.4 Å². The minimum Gasteiger partial charge on any atom is -0.493 e. The summed E-state index contributed by atoms with van der Waals surface area (Å²) < 4.78 is 5.89. The molecule has 8 heteroatoms. The van der Waals surface area contributed by atoms with Crippen molar-refractivity contribution >= 4 is 46.7 Å². The summed E-state index contributed by atoms with van der Waals surface area (Å²) in [4.78, 5) is 24.8. The third-order valence-corrected chi connectivity index (χ3v) is 6.92. The molecular weight excluding hydrogens is 533 g/mol. The summed E-state index contributed by atoms with van der Waals surface area (Å²) in [7, 11) is 0. The van der Waals surface area contributed by atoms with Crippen LogP contribution in [0.5, 0.6) is 5.75 Å². The summed E-state index contributed by atoms with van der Waals surface area (Å²) in [5.74, 6) is -1.07. The Labute approximate surface area is 232 Å². The van der Waals surface area contributed by atoms with E-state index in [4.69, 9.17) is 39.5 Å². The molecule has 196 valence electrons. The normalized spacial score (nSPS) is 11.7. The molecule has 2 N–H and O–H groups in total. The van der Waals surface area contributed by atoms with Crippen molar-refractivity contribution in [3.05, 3.63) is 86.9 Å². The van der Waals surface area contributed by atoms with Gasteiger partial charge in [0.25, 0.3) is 5.91 Å². The summed E-state index contributed by atoms with van der Waals surface area (Å²) in [5.41, 5.74) is 2.67. The quantitative estimate of drug-likeness (QED) is 0.205. The number of aliphatic carboxylic acids is 1. The SMILES string of the molecule is CCCCCCCOc1ccc(Cl)cc1C(=O)NC(CC(=O)O)c1ccc(-c2ccc(Cl)c(Cl)c2)cc1. The number of amides is 1. The molecule has 0 spiro atoms. The lowest BCUT2D eigenvalue weighted by Crippen LogP contribution is -2.30. The van der Waals surface area contributed by atoms with Crippen molar-refractivity contribution in [1.29, 1.82) is 0 Å². The number of carboxylic acids is 1. The van der Waals surface area contributed by atoms with Crippen LogP contribution >= 0.6 is 34.8 Å². The fourth-order valence-corrected chi connectivity index (χ4v) is 4.41. The number of benzene rings is 3. The van der Waals surface area contributed by atoms with E-state index in [0.29, 0.717) is 33.0 Å². The predicted octanol–water partition coefficient (Wildman–Crippen LogP) is 8.61. The molecule has 5 nitrogen and oxygen atoms in total. The van der Waals surface area contributed by atoms with Crippen LogP contribution in [0.3, 0.4) is 0 Å². The molecule has 1 unspecified atom stereocenters. The molecule has 0 heterocycles. The van der Waals surface area contributed by atoms with Gasteiger partial charge in [-0.3, -0.25) is 9.59 Å². The third kappa shape index (κ3) is 8.67. The second kappa shape index (κ2) is 14.3. The number of hydrogen-bond donors (Lipinski definition) is 2. The van der Waals surface area contributed by atoms with E-state index in [1.54, 1.807) is 36.4 Å². The van der Waals surface area contributed by atoms with Gasteiger partial charge in [0, 0.05) is 5.02 Å². The first-order valence-corrected chi connectivity index (χ1v) is 13.4. The Balaban J connectivity index is 1.76. The van der Waals surface area contributed by atoms with Crippen LogP contribution in [0.2, 0.25) is 15.1 Å². The summed E-state index contributed by atoms with van der Waals surface area (Å²) in [6, 6.07) is 16.7. The van der Waals surface area contributed by atoms with Crippen LogP contribution < -0.4 is 10.1 Å². The van der Waals surface area contributed by atoms with Gasteiger partial charge in [-0.2, -0.15) is 0 Å². The summed E-state index contributed by atoms with van der Waals surface area (Å²) in [6.07, 6.45) is 5.16. The maximum Gasteiger partial charge on any atom is 0.305 e. The molecule has 0 radical (unpaired) electrons. The fraction of sp³-hybridized carbons (Fsp3) is 0.310. The fourth-order valence-electron chi connectivity index (χ4n) is 3.94. The zero-order valence-corrected chi connectivity index (χ0v) is 22.9. The largest absolute Gasteiger partial charge is 0.493 e. The van der Waals surface area contributed by atoms with Gasteiger partial charge in [0.2, 0.25) is 0 Å². The van der Waals surface area contributed by atoms with E-state index in [0.717, 1.165) is 36.8 Å². The lowest BCUT2D eigenvalue weighted by Gasteiger charge is -2.19. The van der Waals surface area contributed by atoms with E-state index in [-0.39, 0.29) is 12.0 Å². The summed E-state index contributed by atoms with van der Waals surface area (Å²) in [5, 5.41) is 13.6. The van der Waals surface area contributed by atoms with E-state index in [2.05, 4.69) is 12.2 Å². The molecule has 0 aliphatic rings. The average molecular weight is 563 g/mol. The van der Waals surface area contributed by atoms with E-state index in [9.17, 15) is 14.7 Å². The zero-order chi connectivity index (χ0) is 26.8. The Bertz CT molecular complexity index is 1210. The topological polar surface area (TPSA) is 75.6 Å². The van der Waals surface area contributed by atoms with Crippen LogP contribution in [0.15, 0.2) is 60.7 Å². The van der Waals surface area contributed by atoms with Crippen LogP contribution in [-0.4, -0.2) is 23.6 Å². The molecule has 1 amide bonds. The van der Waals surface area contributed by atoms with Crippen LogP contribution in [-0.2, 0) is 4.79 Å². The molecule has 3 aromatic carbocycles. The molecule has 0 aliphatic carbocycles. The maximum absolute atomic E-state index is 13.2. The number of carbonyl (C=O) groups excluding carboxylic acids is 1. The van der Waals surface area contributed by atoms with Crippen molar-refractivity contribution in [2.75, 3.05) is 6.61 Å². The number of rotatable bonds is 13. The molecule has 0 aromatic heterocycles. The van der Waals surface area contributed by atoms with Crippen LogP contribution in [0, 0.1) is 0 Å². The Kier molecular flexibility index (Phi) is 11.1. The minimum atomic E-state index is -1.03. The van der Waals surface area contributed by atoms with Gasteiger partial charge in [0.1, 0.15) is 5.75 Å². The molecule has 1 atom stereocenters. The molecule has 0 aliphatic heterocycles. The lowest BCUT2D eigenvalue weighted by molar-refractivity contribution is -0.137. The first kappa shape index (κ1) is 28.8. The second-order valence-electron chi connectivity index (χ2n) is 8.78. The molecule has 0 bridgehead atoms. The van der Waals surface area contributed by atoms with Crippen molar-refractivity contribution < 1.29 is 19.4 Å². The van der Waals surface area contributed by atoms with Crippen molar-refractivity contribution in [3.8, 4) is 16.9 Å². The highest BCUT2D eigenvalue weighted by atomic mass is 35.5. The van der Waals surface area contributed by atoms with E-state index < -0.39 is 17.9 Å². The Morgan fingerprint density at radius 1 is 0.865 bits per heavy atom. The van der Waals surface area contributed by atoms with Gasteiger partial charge in [-0.15, -0.1) is 0 Å². The van der Waals surface area contributed by atoms with Crippen molar-refractivity contribution in [1.82, 2.24) is 5.32 Å². The Hall–Kier alpha value is -2.73. The number of ether oxygens (including phenoxy) is 1. The number of unbranched alkanes of at least 4 members (excludes halogenated alkanes) is 4. The minimum absolute atomic E-state index is 0.267. The zero-order valence-electron chi connectivity index (χ0n) is 20.6. The van der Waals surface area contributed by atoms with Gasteiger partial charge < -0.3 is 15.2 Å². The standard InChI is InChI=1S/C29H30Cl3NO4/c1-2-3-4-5-6-15-37-27-14-12-22(30)17-23(27)29(36)33-26(18-28(34)35)20-9-7-19(8-10-20)21-11-13-24(31)25(32)16-21/h7-14,16-17,26H,2-6,15,18H2,1H3,(H,33,36)(H,34,35). The van der Waals surface area contributed by atoms with Crippen molar-refractivity contribution in [2.24, 2.45) is 0 Å². The maximum atomic E-state index is 13.2. The molecule has 3 rings (SSSR count). The molecule has 0 saturated carbocycles. The number of carboxylic acid groups (broad SMARTS) is 1. The Morgan fingerprint density at radius 2 is 1.57 bits per heavy atom. The number of halogens is 3. The smallest absolute Gasteiger partial charge is 0.305 e. The number of nitrogens with one attached hydrogen (secondary N) is 1. The van der Waals surface area contributed by atoms with Crippen LogP contribution in [0.4, 0.5) is 0 Å². The lowest BCUT2D eigenvalue weighted by atomic mass is 9.98. The van der Waals surface area contributed by atoms with E-state index in [1.165, 1.54) is 12.5 Å². The summed E-state index contributed by atoms with van der Waals surface area (Å²) in [6.45, 7) is 2.65. The first-order valence-electron chi connectivity index (χ1n) is 12.3. The molecule has 0 fully saturated rings. The molecule has 3 aromatic rings. The highest BCUT2D eigenvalue weighted by Gasteiger charge is 2.22. The predicted molar refractivity (Wildman–Crippen MR) is 150 cm³/mol. The molecule has 0 saturated heterocycles. The Morgan fingerprint density at radius 3 is 2.24 bits per heavy atom. The van der Waals surface area contributed by atoms with E-state index in [1.807, 2.05) is 18.2 Å². The van der Waals surface area contributed by atoms with E-state index >= 15 is 0 Å². The van der Waals surface area contributed by atoms with Gasteiger partial charge in [-0.25, -0.2) is 0 Å². The second-order valence-corrected chi connectivity index (χ2v) is 10.0. The molecule has 37 heavy (non-hydrogen) atoms.